The Morgan fingerprint density at radius 2 is 0.716 bits per heavy atom. The molecule has 0 aliphatic carbocycles. The van der Waals surface area contributed by atoms with Gasteiger partial charge in [0.25, 0.3) is 0 Å². The van der Waals surface area contributed by atoms with Crippen molar-refractivity contribution >= 4 is 17.9 Å². The van der Waals surface area contributed by atoms with Gasteiger partial charge in [0.05, 0.1) is 40.3 Å². The zero-order valence-corrected chi connectivity index (χ0v) is 52.6. The van der Waals surface area contributed by atoms with E-state index in [0.29, 0.717) is 23.9 Å². The number of carbonyl (C=O) groups excluding carboxylic acids is 3. The summed E-state index contributed by atoms with van der Waals surface area (Å²) in [4.78, 5) is 37.4. The minimum absolute atomic E-state index is 0.131. The maximum Gasteiger partial charge on any atom is 0.306 e. The van der Waals surface area contributed by atoms with E-state index in [4.69, 9.17) is 18.9 Å². The normalized spacial score (nSPS) is 13.5. The van der Waals surface area contributed by atoms with Gasteiger partial charge in [0.2, 0.25) is 0 Å². The van der Waals surface area contributed by atoms with E-state index in [1.54, 1.807) is 0 Å². The molecule has 0 N–H and O–H groups in total. The number of rotatable bonds is 59. The van der Waals surface area contributed by atoms with Crippen LogP contribution in [0, 0.1) is 0 Å². The SMILES string of the molecule is CC/C=C\C/C=C\C/C=C\C/C=C\C/C=C\C/C=C\C/C=C\C/C=C\C/C=C\CCCC(=O)OC(COC(=O)CCCCCCCCCCCCCCCCC/C=C\CCCCCCCCCC)COC(OCC[N+](C)(C)C)C(=O)[O-]. The quantitative estimate of drug-likeness (QED) is 0.0195. The third kappa shape index (κ3) is 63.1. The zero-order chi connectivity index (χ0) is 59.1. The van der Waals surface area contributed by atoms with Gasteiger partial charge in [-0.1, -0.05) is 264 Å². The molecule has 0 aliphatic heterocycles. The fourth-order valence-corrected chi connectivity index (χ4v) is 8.71. The van der Waals surface area contributed by atoms with Gasteiger partial charge < -0.3 is 33.3 Å². The minimum atomic E-state index is -1.64. The summed E-state index contributed by atoms with van der Waals surface area (Å²) in [5.41, 5.74) is 0. The molecule has 0 aliphatic rings. The average molecular weight is 1130 g/mol. The number of aliphatic carboxylic acids is 1. The molecule has 9 nitrogen and oxygen atoms in total. The number of esters is 2. The topological polar surface area (TPSA) is 111 Å². The zero-order valence-electron chi connectivity index (χ0n) is 52.6. The molecular formula is C72H121NO8. The molecule has 0 spiro atoms. The van der Waals surface area contributed by atoms with Gasteiger partial charge in [0.15, 0.2) is 12.4 Å². The van der Waals surface area contributed by atoms with Crippen LogP contribution in [-0.4, -0.2) is 82.3 Å². The first-order valence-electron chi connectivity index (χ1n) is 32.7. The van der Waals surface area contributed by atoms with Crippen molar-refractivity contribution in [1.82, 2.24) is 0 Å². The summed E-state index contributed by atoms with van der Waals surface area (Å²) in [5.74, 6) is -2.37. The first-order chi connectivity index (χ1) is 39.6. The van der Waals surface area contributed by atoms with E-state index < -0.39 is 24.3 Å². The van der Waals surface area contributed by atoms with Crippen LogP contribution >= 0.6 is 0 Å². The lowest BCUT2D eigenvalue weighted by Gasteiger charge is -2.26. The van der Waals surface area contributed by atoms with E-state index in [9.17, 15) is 19.5 Å². The Morgan fingerprint density at radius 1 is 0.383 bits per heavy atom. The van der Waals surface area contributed by atoms with Crippen LogP contribution in [-0.2, 0) is 33.3 Å². The van der Waals surface area contributed by atoms with Gasteiger partial charge in [-0.15, -0.1) is 0 Å². The number of allylic oxidation sites excluding steroid dienone is 20. The number of hydrogen-bond acceptors (Lipinski definition) is 8. The number of ether oxygens (including phenoxy) is 4. The van der Waals surface area contributed by atoms with Gasteiger partial charge >= 0.3 is 11.9 Å². The molecule has 0 fully saturated rings. The molecule has 0 bridgehead atoms. The first kappa shape index (κ1) is 76.7. The van der Waals surface area contributed by atoms with E-state index in [0.717, 1.165) is 77.0 Å². The molecule has 0 saturated heterocycles. The number of quaternary nitrogens is 1. The second kappa shape index (κ2) is 61.8. The molecule has 0 rings (SSSR count). The number of unbranched alkanes of at least 4 members (excludes halogenated alkanes) is 24. The number of carboxylic acids is 1. The van der Waals surface area contributed by atoms with E-state index in [2.05, 4.69) is 135 Å². The Hall–Kier alpha value is -4.31. The standard InChI is InChI=1S/C72H121NO8/c1-6-8-10-12-14-16-18-20-22-24-26-28-30-32-34-35-37-39-41-43-45-47-49-51-53-55-57-59-61-63-70(75)81-68(67-80-72(71(76)77)78-65-64-73(3,4)5)66-79-69(74)62-60-58-56-54-52-50-48-46-44-42-40-38-36-33-31-29-27-25-23-21-19-17-15-13-11-9-7-2/h8,10,14,16,20,22,25-28,32,34,37,39,43,45,49,51,55,57,68,72H,6-7,9,11-13,15,17-19,21,23-24,29-31,33,35-36,38,40-42,44,46-48,50,52-54,56,58-67H2,1-5H3/b10-8-,16-14-,22-20-,27-25-,28-26-,34-32-,39-37-,45-43-,51-49-,57-55-. The Balaban J connectivity index is 4.30. The van der Waals surface area contributed by atoms with E-state index in [-0.39, 0.29) is 38.6 Å². The molecule has 9 heteroatoms. The van der Waals surface area contributed by atoms with Crippen molar-refractivity contribution in [2.75, 3.05) is 47.5 Å². The predicted molar refractivity (Wildman–Crippen MR) is 343 cm³/mol. The first-order valence-corrected chi connectivity index (χ1v) is 32.7. The Morgan fingerprint density at radius 3 is 1.10 bits per heavy atom. The summed E-state index contributed by atoms with van der Waals surface area (Å²) < 4.78 is 22.7. The fraction of sp³-hybridized carbons (Fsp3) is 0.681. The molecule has 2 atom stereocenters. The minimum Gasteiger partial charge on any atom is -0.545 e. The molecule has 0 radical (unpaired) electrons. The lowest BCUT2D eigenvalue weighted by molar-refractivity contribution is -0.870. The molecule has 0 aromatic carbocycles. The lowest BCUT2D eigenvalue weighted by Crippen LogP contribution is -2.44. The van der Waals surface area contributed by atoms with Gasteiger partial charge in [-0.3, -0.25) is 9.59 Å². The summed E-state index contributed by atoms with van der Waals surface area (Å²) in [7, 11) is 5.90. The maximum atomic E-state index is 12.9. The number of hydrogen-bond donors (Lipinski definition) is 0. The van der Waals surface area contributed by atoms with Crippen LogP contribution < -0.4 is 5.11 Å². The van der Waals surface area contributed by atoms with Crippen molar-refractivity contribution < 1.29 is 42.9 Å². The Bertz CT molecular complexity index is 1740. The average Bonchev–Trinajstić information content (AvgIpc) is 3.44. The predicted octanol–water partition coefficient (Wildman–Crippen LogP) is 18.7. The highest BCUT2D eigenvalue weighted by Gasteiger charge is 2.22. The van der Waals surface area contributed by atoms with Crippen LogP contribution in [0.15, 0.2) is 122 Å². The van der Waals surface area contributed by atoms with Crippen LogP contribution in [0.5, 0.6) is 0 Å². The highest BCUT2D eigenvalue weighted by molar-refractivity contribution is 5.70. The monoisotopic (exact) mass is 1130 g/mol. The van der Waals surface area contributed by atoms with Crippen molar-refractivity contribution in [2.24, 2.45) is 0 Å². The van der Waals surface area contributed by atoms with E-state index in [1.165, 1.54) is 141 Å². The van der Waals surface area contributed by atoms with Gasteiger partial charge in [0, 0.05) is 12.8 Å². The highest BCUT2D eigenvalue weighted by atomic mass is 16.7. The molecule has 0 aromatic heterocycles. The van der Waals surface area contributed by atoms with Crippen LogP contribution in [0.1, 0.15) is 258 Å². The number of carbonyl (C=O) groups is 3. The van der Waals surface area contributed by atoms with Crippen molar-refractivity contribution in [3.63, 3.8) is 0 Å². The van der Waals surface area contributed by atoms with Gasteiger partial charge in [-0.05, 0) is 103 Å². The van der Waals surface area contributed by atoms with Gasteiger partial charge in [-0.2, -0.15) is 0 Å². The summed E-state index contributed by atoms with van der Waals surface area (Å²) >= 11 is 0. The van der Waals surface area contributed by atoms with Crippen LogP contribution in [0.2, 0.25) is 0 Å². The molecule has 0 saturated carbocycles. The number of likely N-dealkylation sites (N-methyl/N-ethyl adjacent to an activating group) is 1. The van der Waals surface area contributed by atoms with Crippen molar-refractivity contribution in [1.29, 1.82) is 0 Å². The van der Waals surface area contributed by atoms with Crippen LogP contribution in [0.3, 0.4) is 0 Å². The second-order valence-corrected chi connectivity index (χ2v) is 22.7. The fourth-order valence-electron chi connectivity index (χ4n) is 8.71. The van der Waals surface area contributed by atoms with Gasteiger partial charge in [-0.25, -0.2) is 0 Å². The molecule has 0 aromatic rings. The number of carboxylic acid groups (broad SMARTS) is 1. The molecule has 462 valence electrons. The van der Waals surface area contributed by atoms with Crippen LogP contribution in [0.25, 0.3) is 0 Å². The summed E-state index contributed by atoms with van der Waals surface area (Å²) in [6.07, 6.45) is 84.2. The smallest absolute Gasteiger partial charge is 0.306 e. The number of nitrogens with zero attached hydrogens (tertiary/aromatic N) is 1. The summed E-state index contributed by atoms with van der Waals surface area (Å²) in [6.45, 7) is 4.57. The van der Waals surface area contributed by atoms with E-state index in [1.807, 2.05) is 21.1 Å². The largest absolute Gasteiger partial charge is 0.545 e. The molecule has 2 unspecified atom stereocenters. The Kier molecular flexibility index (Phi) is 58.5. The molecular weight excluding hydrogens is 1010 g/mol. The van der Waals surface area contributed by atoms with Crippen LogP contribution in [0.4, 0.5) is 0 Å². The molecule has 0 amide bonds. The Labute approximate surface area is 497 Å². The summed E-state index contributed by atoms with van der Waals surface area (Å²) in [5, 5.41) is 11.8. The third-order valence-corrected chi connectivity index (χ3v) is 13.7. The summed E-state index contributed by atoms with van der Waals surface area (Å²) in [6, 6.07) is 0. The lowest BCUT2D eigenvalue weighted by atomic mass is 10.0. The van der Waals surface area contributed by atoms with Crippen molar-refractivity contribution in [3.05, 3.63) is 122 Å². The maximum absolute atomic E-state index is 12.9. The second-order valence-electron chi connectivity index (χ2n) is 22.7. The van der Waals surface area contributed by atoms with Crippen molar-refractivity contribution in [2.45, 2.75) is 270 Å². The van der Waals surface area contributed by atoms with Gasteiger partial charge in [0.1, 0.15) is 13.2 Å². The third-order valence-electron chi connectivity index (χ3n) is 13.7. The highest BCUT2D eigenvalue weighted by Crippen LogP contribution is 2.16. The molecule has 81 heavy (non-hydrogen) atoms. The van der Waals surface area contributed by atoms with Crippen molar-refractivity contribution in [3.8, 4) is 0 Å². The van der Waals surface area contributed by atoms with E-state index >= 15 is 0 Å². The molecule has 0 heterocycles.